The Labute approximate surface area is 81.6 Å². The third kappa shape index (κ3) is 1.16. The number of hydrogen-bond acceptors (Lipinski definition) is 3. The molecule has 2 N–H and O–H groups in total. The Hall–Kier alpha value is -1.82. The highest BCUT2D eigenvalue weighted by Gasteiger charge is 2.13. The molecular formula is C7H4ClN3O3. The Balaban J connectivity index is 2.87. The van der Waals surface area contributed by atoms with Gasteiger partial charge in [-0.25, -0.2) is 0 Å². The summed E-state index contributed by atoms with van der Waals surface area (Å²) in [7, 11) is 0. The lowest BCUT2D eigenvalue weighted by Gasteiger charge is -1.93. The first-order valence-corrected chi connectivity index (χ1v) is 4.01. The van der Waals surface area contributed by atoms with Crippen molar-refractivity contribution in [1.82, 2.24) is 10.2 Å². The molecule has 0 aliphatic rings. The van der Waals surface area contributed by atoms with Gasteiger partial charge in [0.25, 0.3) is 11.2 Å². The molecule has 6 nitrogen and oxygen atoms in total. The van der Waals surface area contributed by atoms with Gasteiger partial charge in [-0.2, -0.15) is 0 Å². The van der Waals surface area contributed by atoms with Crippen LogP contribution in [0.5, 0.6) is 0 Å². The molecule has 0 fully saturated rings. The van der Waals surface area contributed by atoms with E-state index in [1.165, 1.54) is 6.07 Å². The molecule has 1 heterocycles. The maximum Gasteiger partial charge on any atom is 0.273 e. The molecule has 0 spiro atoms. The van der Waals surface area contributed by atoms with Crippen LogP contribution in [-0.2, 0) is 0 Å². The van der Waals surface area contributed by atoms with Gasteiger partial charge in [0.15, 0.2) is 0 Å². The fourth-order valence-electron chi connectivity index (χ4n) is 1.21. The number of hydrogen-bond donors (Lipinski definition) is 2. The summed E-state index contributed by atoms with van der Waals surface area (Å²) in [6.07, 6.45) is 0. The van der Waals surface area contributed by atoms with E-state index in [9.17, 15) is 14.9 Å². The van der Waals surface area contributed by atoms with Crippen LogP contribution in [0.15, 0.2) is 16.9 Å². The molecule has 0 unspecified atom stereocenters. The molecule has 0 atom stereocenters. The number of rotatable bonds is 1. The first kappa shape index (κ1) is 8.76. The van der Waals surface area contributed by atoms with Gasteiger partial charge in [0.2, 0.25) is 0 Å². The lowest BCUT2D eigenvalue weighted by Crippen LogP contribution is -1.98. The van der Waals surface area contributed by atoms with E-state index in [1.54, 1.807) is 0 Å². The average Bonchev–Trinajstić information content (AvgIpc) is 2.48. The zero-order valence-electron chi connectivity index (χ0n) is 6.70. The Bertz CT molecular complexity index is 571. The molecule has 0 saturated heterocycles. The summed E-state index contributed by atoms with van der Waals surface area (Å²) in [5.74, 6) is 0. The van der Waals surface area contributed by atoms with E-state index in [1.807, 2.05) is 0 Å². The predicted octanol–water partition coefficient (Wildman–Crippen LogP) is 1.42. The third-order valence-corrected chi connectivity index (χ3v) is 2.12. The van der Waals surface area contributed by atoms with Crippen LogP contribution in [0, 0.1) is 10.1 Å². The summed E-state index contributed by atoms with van der Waals surface area (Å²) in [4.78, 5) is 21.0. The number of H-pyrrole nitrogens is 2. The second-order valence-corrected chi connectivity index (χ2v) is 3.09. The minimum absolute atomic E-state index is 0.0664. The summed E-state index contributed by atoms with van der Waals surface area (Å²) < 4.78 is 0. The molecule has 0 bridgehead atoms. The van der Waals surface area contributed by atoms with Crippen molar-refractivity contribution < 1.29 is 4.92 Å². The van der Waals surface area contributed by atoms with Crippen molar-refractivity contribution in [2.45, 2.75) is 0 Å². The molecule has 7 heteroatoms. The Morgan fingerprint density at radius 2 is 2.07 bits per heavy atom. The van der Waals surface area contributed by atoms with Gasteiger partial charge in [0.05, 0.1) is 20.8 Å². The zero-order valence-corrected chi connectivity index (χ0v) is 7.46. The first-order valence-electron chi connectivity index (χ1n) is 3.64. The van der Waals surface area contributed by atoms with E-state index < -0.39 is 4.92 Å². The molecule has 0 aliphatic heterocycles. The van der Waals surface area contributed by atoms with Crippen molar-refractivity contribution in [3.05, 3.63) is 37.6 Å². The van der Waals surface area contributed by atoms with Gasteiger partial charge in [-0.3, -0.25) is 25.1 Å². The first-order chi connectivity index (χ1) is 6.59. The molecule has 72 valence electrons. The molecule has 0 amide bonds. The van der Waals surface area contributed by atoms with Crippen LogP contribution < -0.4 is 5.56 Å². The van der Waals surface area contributed by atoms with Gasteiger partial charge in [-0.05, 0) is 0 Å². The maximum atomic E-state index is 11.1. The second-order valence-electron chi connectivity index (χ2n) is 2.69. The number of halogens is 1. The lowest BCUT2D eigenvalue weighted by atomic mass is 10.2. The number of aromatic nitrogens is 2. The lowest BCUT2D eigenvalue weighted by molar-refractivity contribution is -0.384. The van der Waals surface area contributed by atoms with Crippen molar-refractivity contribution in [2.24, 2.45) is 0 Å². The largest absolute Gasteiger partial charge is 0.297 e. The van der Waals surface area contributed by atoms with E-state index in [2.05, 4.69) is 10.2 Å². The van der Waals surface area contributed by atoms with Crippen molar-refractivity contribution in [1.29, 1.82) is 0 Å². The summed E-state index contributed by atoms with van der Waals surface area (Å²) in [5.41, 5.74) is -0.216. The summed E-state index contributed by atoms with van der Waals surface area (Å²) in [6, 6.07) is 2.39. The summed E-state index contributed by atoms with van der Waals surface area (Å²) in [5, 5.41) is 15.5. The van der Waals surface area contributed by atoms with Crippen molar-refractivity contribution in [3.8, 4) is 0 Å². The van der Waals surface area contributed by atoms with Crippen LogP contribution in [0.2, 0.25) is 5.02 Å². The topological polar surface area (TPSA) is 91.8 Å². The number of nitrogens with one attached hydrogen (secondary N) is 2. The minimum Gasteiger partial charge on any atom is -0.297 e. The van der Waals surface area contributed by atoms with Gasteiger partial charge >= 0.3 is 0 Å². The van der Waals surface area contributed by atoms with Crippen molar-refractivity contribution in [3.63, 3.8) is 0 Å². The van der Waals surface area contributed by atoms with Crippen LogP contribution >= 0.6 is 11.6 Å². The highest BCUT2D eigenvalue weighted by Crippen LogP contribution is 2.25. The summed E-state index contributed by atoms with van der Waals surface area (Å²) in [6.45, 7) is 0. The molecule has 14 heavy (non-hydrogen) atoms. The fourth-order valence-corrected chi connectivity index (χ4v) is 1.51. The Morgan fingerprint density at radius 3 is 2.71 bits per heavy atom. The van der Waals surface area contributed by atoms with Crippen LogP contribution in [0.3, 0.4) is 0 Å². The number of non-ortho nitro benzene ring substituents is 1. The van der Waals surface area contributed by atoms with Crippen LogP contribution in [0.4, 0.5) is 5.69 Å². The fraction of sp³-hybridized carbons (Fsp3) is 0. The number of nitro benzene ring substituents is 1. The number of aromatic amines is 2. The van der Waals surface area contributed by atoms with Gasteiger partial charge in [0.1, 0.15) is 0 Å². The second kappa shape index (κ2) is 2.85. The number of nitrogens with zero attached hydrogens (tertiary/aromatic N) is 1. The number of nitro groups is 1. The molecule has 0 radical (unpaired) electrons. The number of fused-ring (bicyclic) bond motifs is 1. The van der Waals surface area contributed by atoms with Crippen molar-refractivity contribution >= 4 is 28.2 Å². The molecule has 1 aromatic heterocycles. The Morgan fingerprint density at radius 1 is 1.36 bits per heavy atom. The molecule has 2 aromatic rings. The normalized spacial score (nSPS) is 10.6. The van der Waals surface area contributed by atoms with Crippen molar-refractivity contribution in [2.75, 3.05) is 0 Å². The molecule has 0 saturated carbocycles. The van der Waals surface area contributed by atoms with Gasteiger partial charge < -0.3 is 0 Å². The average molecular weight is 214 g/mol. The van der Waals surface area contributed by atoms with Gasteiger partial charge in [0, 0.05) is 12.1 Å². The van der Waals surface area contributed by atoms with Gasteiger partial charge in [-0.15, -0.1) is 0 Å². The van der Waals surface area contributed by atoms with E-state index in [4.69, 9.17) is 11.6 Å². The predicted molar refractivity (Wildman–Crippen MR) is 50.6 cm³/mol. The Kier molecular flexibility index (Phi) is 1.78. The SMILES string of the molecule is O=c1[nH][nH]c2cc([N+](=O)[O-])cc(Cl)c12. The highest BCUT2D eigenvalue weighted by atomic mass is 35.5. The van der Waals surface area contributed by atoms with E-state index in [0.717, 1.165) is 6.07 Å². The standard InChI is InChI=1S/C7H4ClN3O3/c8-4-1-3(11(13)14)2-5-6(4)7(12)10-9-5/h1-2H,(H2,9,10,12). The quantitative estimate of drug-likeness (QED) is 0.554. The number of benzene rings is 1. The van der Waals surface area contributed by atoms with E-state index in [-0.39, 0.29) is 21.7 Å². The molecule has 1 aromatic carbocycles. The molecular weight excluding hydrogens is 210 g/mol. The van der Waals surface area contributed by atoms with Gasteiger partial charge in [-0.1, -0.05) is 11.6 Å². The molecule has 2 rings (SSSR count). The van der Waals surface area contributed by atoms with Crippen LogP contribution in [0.25, 0.3) is 10.9 Å². The van der Waals surface area contributed by atoms with E-state index >= 15 is 0 Å². The third-order valence-electron chi connectivity index (χ3n) is 1.82. The zero-order chi connectivity index (χ0) is 10.3. The molecule has 0 aliphatic carbocycles. The monoisotopic (exact) mass is 213 g/mol. The highest BCUT2D eigenvalue weighted by molar-refractivity contribution is 6.35. The minimum atomic E-state index is -0.573. The van der Waals surface area contributed by atoms with Crippen LogP contribution in [0.1, 0.15) is 0 Å². The summed E-state index contributed by atoms with van der Waals surface area (Å²) >= 11 is 5.71. The van der Waals surface area contributed by atoms with Crippen LogP contribution in [-0.4, -0.2) is 15.1 Å². The van der Waals surface area contributed by atoms with E-state index in [0.29, 0.717) is 5.52 Å². The smallest absolute Gasteiger partial charge is 0.273 e. The maximum absolute atomic E-state index is 11.1.